The maximum atomic E-state index is 13.3. The van der Waals surface area contributed by atoms with Crippen LogP contribution >= 0.6 is 12.4 Å². The van der Waals surface area contributed by atoms with Crippen LogP contribution in [0.4, 0.5) is 18.9 Å². The summed E-state index contributed by atoms with van der Waals surface area (Å²) in [6.45, 7) is 1.26. The van der Waals surface area contributed by atoms with Crippen LogP contribution in [0.3, 0.4) is 0 Å². The molecule has 0 bridgehead atoms. The lowest BCUT2D eigenvalue weighted by Gasteiger charge is -2.10. The molecule has 5 nitrogen and oxygen atoms in total. The normalized spacial score (nSPS) is 11.3. The van der Waals surface area contributed by atoms with Crippen molar-refractivity contribution in [3.05, 3.63) is 29.6 Å². The van der Waals surface area contributed by atoms with Crippen LogP contribution in [0.25, 0.3) is 0 Å². The van der Waals surface area contributed by atoms with E-state index in [4.69, 9.17) is 5.73 Å². The molecule has 1 unspecified atom stereocenters. The second kappa shape index (κ2) is 8.48. The molecule has 1 atom stereocenters. The molecule has 0 aliphatic heterocycles. The third-order valence-electron chi connectivity index (χ3n) is 2.53. The van der Waals surface area contributed by atoms with Crippen LogP contribution in [0.2, 0.25) is 0 Å². The fourth-order valence-corrected chi connectivity index (χ4v) is 1.27. The molecule has 0 saturated heterocycles. The first-order valence-electron chi connectivity index (χ1n) is 5.78. The summed E-state index contributed by atoms with van der Waals surface area (Å²) in [5.41, 5.74) is 4.76. The fraction of sp³-hybridized carbons (Fsp3) is 0.333. The number of rotatable bonds is 5. The Hall–Kier alpha value is -1.80. The minimum atomic E-state index is -1.68. The number of benzene rings is 1. The highest BCUT2D eigenvalue weighted by Gasteiger charge is 2.16. The molecule has 9 heteroatoms. The second-order valence-corrected chi connectivity index (χ2v) is 4.13. The summed E-state index contributed by atoms with van der Waals surface area (Å²) >= 11 is 0. The van der Waals surface area contributed by atoms with Gasteiger partial charge < -0.3 is 16.4 Å². The van der Waals surface area contributed by atoms with Crippen molar-refractivity contribution in [2.75, 3.05) is 18.4 Å². The number of hydrogen-bond acceptors (Lipinski definition) is 3. The van der Waals surface area contributed by atoms with Gasteiger partial charge in [0.1, 0.15) is 0 Å². The lowest BCUT2D eigenvalue weighted by atomic mass is 10.2. The second-order valence-electron chi connectivity index (χ2n) is 4.13. The number of carbonyl (C=O) groups excluding carboxylic acids is 2. The third kappa shape index (κ3) is 5.24. The van der Waals surface area contributed by atoms with Gasteiger partial charge in [0.2, 0.25) is 11.8 Å². The number of hydrogen-bond donors (Lipinski definition) is 3. The number of carbonyl (C=O) groups is 2. The van der Waals surface area contributed by atoms with Gasteiger partial charge in [0.25, 0.3) is 0 Å². The highest BCUT2D eigenvalue weighted by molar-refractivity contribution is 5.94. The quantitative estimate of drug-likeness (QED) is 0.711. The molecule has 2 amide bonds. The van der Waals surface area contributed by atoms with E-state index in [-0.39, 0.29) is 19.0 Å². The predicted octanol–water partition coefficient (Wildman–Crippen LogP) is 1.18. The third-order valence-corrected chi connectivity index (χ3v) is 2.53. The van der Waals surface area contributed by atoms with Gasteiger partial charge in [0, 0.05) is 12.5 Å². The smallest absolute Gasteiger partial charge is 0.243 e. The van der Waals surface area contributed by atoms with Crippen molar-refractivity contribution in [3.8, 4) is 0 Å². The van der Waals surface area contributed by atoms with E-state index < -0.39 is 47.4 Å². The van der Waals surface area contributed by atoms with Crippen molar-refractivity contribution in [1.29, 1.82) is 0 Å². The molecule has 21 heavy (non-hydrogen) atoms. The van der Waals surface area contributed by atoms with Crippen molar-refractivity contribution in [2.45, 2.75) is 6.92 Å². The summed E-state index contributed by atoms with van der Waals surface area (Å²) in [6, 6.07) is 1.57. The minimum absolute atomic E-state index is 0. The summed E-state index contributed by atoms with van der Waals surface area (Å²) in [5.74, 6) is -6.21. The Morgan fingerprint density at radius 3 is 2.43 bits per heavy atom. The molecule has 1 aromatic carbocycles. The number of nitrogens with one attached hydrogen (secondary N) is 2. The number of nitrogens with two attached hydrogens (primary N) is 1. The molecule has 0 aromatic heterocycles. The van der Waals surface area contributed by atoms with Gasteiger partial charge in [0.15, 0.2) is 17.5 Å². The first-order valence-corrected chi connectivity index (χ1v) is 5.78. The van der Waals surface area contributed by atoms with Crippen LogP contribution in [-0.4, -0.2) is 24.9 Å². The Morgan fingerprint density at radius 2 is 1.86 bits per heavy atom. The summed E-state index contributed by atoms with van der Waals surface area (Å²) < 4.78 is 38.9. The molecule has 1 rings (SSSR count). The zero-order chi connectivity index (χ0) is 15.3. The molecular formula is C12H15ClF3N3O2. The highest BCUT2D eigenvalue weighted by atomic mass is 35.5. The van der Waals surface area contributed by atoms with E-state index in [2.05, 4.69) is 5.32 Å². The minimum Gasteiger partial charge on any atom is -0.347 e. The van der Waals surface area contributed by atoms with Gasteiger partial charge in [-0.25, -0.2) is 13.2 Å². The van der Waals surface area contributed by atoms with Gasteiger partial charge in [0.05, 0.1) is 12.2 Å². The number of halogens is 4. The van der Waals surface area contributed by atoms with E-state index in [9.17, 15) is 22.8 Å². The first-order chi connectivity index (χ1) is 9.36. The Bertz CT molecular complexity index is 529. The SMILES string of the molecule is CC(CN)C(=O)NCC(=O)Nc1ccc(F)c(F)c1F.Cl. The monoisotopic (exact) mass is 325 g/mol. The molecule has 118 valence electrons. The van der Waals surface area contributed by atoms with Crippen LogP contribution in [0, 0.1) is 23.4 Å². The predicted molar refractivity (Wildman–Crippen MR) is 73.4 cm³/mol. The van der Waals surface area contributed by atoms with Crippen molar-refractivity contribution in [3.63, 3.8) is 0 Å². The van der Waals surface area contributed by atoms with E-state index in [0.29, 0.717) is 6.07 Å². The van der Waals surface area contributed by atoms with E-state index in [1.54, 1.807) is 6.92 Å². The van der Waals surface area contributed by atoms with Gasteiger partial charge in [-0.1, -0.05) is 6.92 Å². The zero-order valence-corrected chi connectivity index (χ0v) is 11.9. The van der Waals surface area contributed by atoms with Crippen LogP contribution in [0.5, 0.6) is 0 Å². The van der Waals surface area contributed by atoms with Gasteiger partial charge in [-0.3, -0.25) is 9.59 Å². The molecule has 0 radical (unpaired) electrons. The summed E-state index contributed by atoms with van der Waals surface area (Å²) in [6.07, 6.45) is 0. The largest absolute Gasteiger partial charge is 0.347 e. The van der Waals surface area contributed by atoms with Crippen molar-refractivity contribution < 1.29 is 22.8 Å². The average molecular weight is 326 g/mol. The lowest BCUT2D eigenvalue weighted by Crippen LogP contribution is -2.38. The Kier molecular flexibility index (Phi) is 7.75. The van der Waals surface area contributed by atoms with Crippen LogP contribution < -0.4 is 16.4 Å². The van der Waals surface area contributed by atoms with Crippen molar-refractivity contribution in [1.82, 2.24) is 5.32 Å². The highest BCUT2D eigenvalue weighted by Crippen LogP contribution is 2.19. The summed E-state index contributed by atoms with van der Waals surface area (Å²) in [7, 11) is 0. The first kappa shape index (κ1) is 19.2. The van der Waals surface area contributed by atoms with Crippen LogP contribution in [0.1, 0.15) is 6.92 Å². The number of anilines is 1. The average Bonchev–Trinajstić information content (AvgIpc) is 2.44. The maximum Gasteiger partial charge on any atom is 0.243 e. The molecule has 0 spiro atoms. The van der Waals surface area contributed by atoms with E-state index >= 15 is 0 Å². The molecule has 4 N–H and O–H groups in total. The van der Waals surface area contributed by atoms with Gasteiger partial charge >= 0.3 is 0 Å². The number of amides is 2. The summed E-state index contributed by atoms with van der Waals surface area (Å²) in [4.78, 5) is 22.8. The molecule has 0 heterocycles. The van der Waals surface area contributed by atoms with E-state index in [1.807, 2.05) is 5.32 Å². The van der Waals surface area contributed by atoms with Gasteiger partial charge in [-0.05, 0) is 12.1 Å². The molecule has 0 aliphatic rings. The maximum absolute atomic E-state index is 13.3. The van der Waals surface area contributed by atoms with Crippen LogP contribution in [0.15, 0.2) is 12.1 Å². The topological polar surface area (TPSA) is 84.2 Å². The van der Waals surface area contributed by atoms with Crippen LogP contribution in [-0.2, 0) is 9.59 Å². The van der Waals surface area contributed by atoms with E-state index in [0.717, 1.165) is 6.07 Å². The molecule has 0 aliphatic carbocycles. The lowest BCUT2D eigenvalue weighted by molar-refractivity contribution is -0.126. The summed E-state index contributed by atoms with van der Waals surface area (Å²) in [5, 5.41) is 4.30. The standard InChI is InChI=1S/C12H14F3N3O2.ClH/c1-6(4-16)12(20)17-5-9(19)18-8-3-2-7(13)10(14)11(8)15;/h2-3,6H,4-5,16H2,1H3,(H,17,20)(H,18,19);1H. The van der Waals surface area contributed by atoms with Crippen molar-refractivity contribution >= 4 is 29.9 Å². The Labute approximate surface area is 125 Å². The van der Waals surface area contributed by atoms with Gasteiger partial charge in [-0.2, -0.15) is 0 Å². The zero-order valence-electron chi connectivity index (χ0n) is 11.1. The Morgan fingerprint density at radius 1 is 1.24 bits per heavy atom. The van der Waals surface area contributed by atoms with Gasteiger partial charge in [-0.15, -0.1) is 12.4 Å². The fourth-order valence-electron chi connectivity index (χ4n) is 1.27. The molecular weight excluding hydrogens is 311 g/mol. The Balaban J connectivity index is 0.00000400. The molecule has 0 saturated carbocycles. The van der Waals surface area contributed by atoms with Crippen molar-refractivity contribution in [2.24, 2.45) is 11.7 Å². The molecule has 0 fully saturated rings. The van der Waals surface area contributed by atoms with E-state index in [1.165, 1.54) is 0 Å². The molecule has 1 aromatic rings.